The zero-order chi connectivity index (χ0) is 19.6. The molecule has 2 fully saturated rings. The highest BCUT2D eigenvalue weighted by Gasteiger charge is 2.49. The molecule has 1 saturated carbocycles. The summed E-state index contributed by atoms with van der Waals surface area (Å²) < 4.78 is 2.10. The van der Waals surface area contributed by atoms with Crippen LogP contribution >= 0.6 is 0 Å². The fraction of sp³-hybridized carbons (Fsp3) is 0.364. The molecule has 4 heterocycles. The number of imidazole rings is 1. The van der Waals surface area contributed by atoms with Gasteiger partial charge in [-0.15, -0.1) is 0 Å². The third-order valence-electron chi connectivity index (χ3n) is 6.51. The van der Waals surface area contributed by atoms with Gasteiger partial charge in [-0.3, -0.25) is 9.59 Å². The predicted molar refractivity (Wildman–Crippen MR) is 108 cm³/mol. The van der Waals surface area contributed by atoms with Crippen LogP contribution in [0.1, 0.15) is 47.6 Å². The summed E-state index contributed by atoms with van der Waals surface area (Å²) in [5.74, 6) is -0.0930. The van der Waals surface area contributed by atoms with E-state index in [0.29, 0.717) is 24.7 Å². The van der Waals surface area contributed by atoms with Gasteiger partial charge >= 0.3 is 0 Å². The minimum Gasteiger partial charge on any atom is -0.337 e. The summed E-state index contributed by atoms with van der Waals surface area (Å²) in [6.07, 6.45) is 7.33. The Morgan fingerprint density at radius 3 is 2.93 bits per heavy atom. The molecule has 1 aromatic carbocycles. The molecule has 2 amide bonds. The monoisotopic (exact) mass is 387 g/mol. The van der Waals surface area contributed by atoms with Crippen LogP contribution < -0.4 is 5.32 Å². The van der Waals surface area contributed by atoms with E-state index in [-0.39, 0.29) is 11.8 Å². The normalized spacial score (nSPS) is 23.4. The second-order valence-corrected chi connectivity index (χ2v) is 8.36. The van der Waals surface area contributed by atoms with Crippen LogP contribution in [0.4, 0.5) is 5.69 Å². The Morgan fingerprint density at radius 1 is 1.21 bits per heavy atom. The first kappa shape index (κ1) is 16.7. The van der Waals surface area contributed by atoms with Crippen LogP contribution in [0.3, 0.4) is 0 Å². The van der Waals surface area contributed by atoms with Gasteiger partial charge in [0.1, 0.15) is 5.52 Å². The van der Waals surface area contributed by atoms with Crippen molar-refractivity contribution in [2.45, 2.75) is 37.1 Å². The minimum atomic E-state index is -0.657. The maximum Gasteiger partial charge on any atom is 0.255 e. The second-order valence-electron chi connectivity index (χ2n) is 8.36. The Labute approximate surface area is 167 Å². The number of carbonyl (C=O) groups excluding carboxylic acids is 2. The number of aromatic nitrogens is 3. The van der Waals surface area contributed by atoms with Crippen molar-refractivity contribution in [2.24, 2.45) is 0 Å². The van der Waals surface area contributed by atoms with Crippen LogP contribution in [-0.2, 0) is 10.2 Å². The summed E-state index contributed by atoms with van der Waals surface area (Å²) in [4.78, 5) is 36.9. The molecule has 2 aromatic heterocycles. The van der Waals surface area contributed by atoms with Crippen LogP contribution in [0.25, 0.3) is 11.2 Å². The lowest BCUT2D eigenvalue weighted by Gasteiger charge is -2.39. The highest BCUT2D eigenvalue weighted by molar-refractivity contribution is 6.07. The van der Waals surface area contributed by atoms with Crippen LogP contribution in [0.15, 0.2) is 42.9 Å². The molecule has 2 aliphatic heterocycles. The highest BCUT2D eigenvalue weighted by atomic mass is 16.2. The summed E-state index contributed by atoms with van der Waals surface area (Å²) in [5.41, 5.74) is 3.32. The Bertz CT molecular complexity index is 1160. The van der Waals surface area contributed by atoms with E-state index in [0.717, 1.165) is 48.1 Å². The van der Waals surface area contributed by atoms with E-state index in [4.69, 9.17) is 0 Å². The van der Waals surface area contributed by atoms with Crippen molar-refractivity contribution >= 4 is 28.7 Å². The molecule has 0 bridgehead atoms. The van der Waals surface area contributed by atoms with Crippen molar-refractivity contribution in [2.75, 3.05) is 18.4 Å². The number of hydrogen-bond donors (Lipinski definition) is 1. The molecule has 146 valence electrons. The largest absolute Gasteiger partial charge is 0.337 e. The molecule has 0 radical (unpaired) electrons. The van der Waals surface area contributed by atoms with Crippen LogP contribution in [0.2, 0.25) is 0 Å². The summed E-state index contributed by atoms with van der Waals surface area (Å²) in [6, 6.07) is 10.1. The zero-order valence-electron chi connectivity index (χ0n) is 16.0. The summed E-state index contributed by atoms with van der Waals surface area (Å²) in [7, 11) is 0. The molecule has 7 nitrogen and oxygen atoms in total. The van der Waals surface area contributed by atoms with E-state index in [2.05, 4.69) is 19.9 Å². The first-order chi connectivity index (χ1) is 14.2. The lowest BCUT2D eigenvalue weighted by Crippen LogP contribution is -2.51. The van der Waals surface area contributed by atoms with Gasteiger partial charge in [-0.05, 0) is 43.4 Å². The molecular weight excluding hydrogens is 366 g/mol. The number of benzene rings is 1. The quantitative estimate of drug-likeness (QED) is 0.733. The van der Waals surface area contributed by atoms with Gasteiger partial charge in [0.25, 0.3) is 5.91 Å². The number of piperidine rings is 1. The van der Waals surface area contributed by atoms with Crippen molar-refractivity contribution in [3.8, 4) is 0 Å². The summed E-state index contributed by atoms with van der Waals surface area (Å²) in [6.45, 7) is 1.04. The number of nitrogens with one attached hydrogen (secondary N) is 1. The predicted octanol–water partition coefficient (Wildman–Crippen LogP) is 2.89. The topological polar surface area (TPSA) is 80.1 Å². The van der Waals surface area contributed by atoms with E-state index < -0.39 is 5.41 Å². The molecule has 29 heavy (non-hydrogen) atoms. The Balaban J connectivity index is 1.32. The van der Waals surface area contributed by atoms with Crippen molar-refractivity contribution in [3.05, 3.63) is 54.0 Å². The van der Waals surface area contributed by atoms with Gasteiger partial charge < -0.3 is 14.8 Å². The minimum absolute atomic E-state index is 0.00652. The number of fused-ring (bicyclic) bond motifs is 3. The number of rotatable bonds is 2. The van der Waals surface area contributed by atoms with Gasteiger partial charge in [0.05, 0.1) is 17.3 Å². The lowest BCUT2D eigenvalue weighted by molar-refractivity contribution is -0.122. The van der Waals surface area contributed by atoms with E-state index in [1.165, 1.54) is 0 Å². The standard InChI is InChI=1S/C22H21N5O2/c28-20(14-10-18-19(23-11-14)27(13-24-18)15-6-7-15)26-9-3-8-22(12-26)16-4-1-2-5-17(16)25-21(22)29/h1-2,4-5,10-11,13,15H,3,6-9,12H2,(H,25,29). The molecule has 7 heteroatoms. The average Bonchev–Trinajstić information content (AvgIpc) is 3.46. The molecule has 1 aliphatic carbocycles. The van der Waals surface area contributed by atoms with E-state index in [1.807, 2.05) is 36.7 Å². The van der Waals surface area contributed by atoms with Crippen molar-refractivity contribution in [1.82, 2.24) is 19.4 Å². The Morgan fingerprint density at radius 2 is 2.07 bits per heavy atom. The van der Waals surface area contributed by atoms with Gasteiger partial charge in [0.15, 0.2) is 5.65 Å². The fourth-order valence-electron chi connectivity index (χ4n) is 4.85. The van der Waals surface area contributed by atoms with Crippen molar-refractivity contribution in [3.63, 3.8) is 0 Å². The second kappa shape index (κ2) is 5.89. The Hall–Kier alpha value is -3.22. The van der Waals surface area contributed by atoms with Crippen LogP contribution in [0, 0.1) is 0 Å². The third kappa shape index (κ3) is 2.43. The maximum atomic E-state index is 13.3. The third-order valence-corrected chi connectivity index (χ3v) is 6.51. The molecular formula is C22H21N5O2. The SMILES string of the molecule is O=C(c1cnc2c(c1)ncn2C1CC1)N1CCCC2(C1)C(=O)Nc1ccccc12. The van der Waals surface area contributed by atoms with Crippen molar-refractivity contribution in [1.29, 1.82) is 0 Å². The number of hydrogen-bond acceptors (Lipinski definition) is 4. The molecule has 1 N–H and O–H groups in total. The fourth-order valence-corrected chi connectivity index (χ4v) is 4.85. The van der Waals surface area contributed by atoms with Gasteiger partial charge in [0, 0.05) is 31.0 Å². The van der Waals surface area contributed by atoms with Gasteiger partial charge in [-0.25, -0.2) is 9.97 Å². The molecule has 1 atom stereocenters. The zero-order valence-corrected chi connectivity index (χ0v) is 16.0. The lowest BCUT2D eigenvalue weighted by atomic mass is 9.75. The number of amides is 2. The number of anilines is 1. The molecule has 1 spiro atoms. The summed E-state index contributed by atoms with van der Waals surface area (Å²) >= 11 is 0. The number of para-hydroxylation sites is 1. The van der Waals surface area contributed by atoms with Gasteiger partial charge in [0.2, 0.25) is 5.91 Å². The van der Waals surface area contributed by atoms with Crippen LogP contribution in [-0.4, -0.2) is 44.3 Å². The number of nitrogens with zero attached hydrogens (tertiary/aromatic N) is 4. The maximum absolute atomic E-state index is 13.3. The first-order valence-electron chi connectivity index (χ1n) is 10.2. The van der Waals surface area contributed by atoms with E-state index >= 15 is 0 Å². The summed E-state index contributed by atoms with van der Waals surface area (Å²) in [5, 5.41) is 3.00. The molecule has 1 saturated heterocycles. The molecule has 3 aromatic rings. The first-order valence-corrected chi connectivity index (χ1v) is 10.2. The average molecular weight is 387 g/mol. The van der Waals surface area contributed by atoms with E-state index in [1.54, 1.807) is 11.1 Å². The van der Waals surface area contributed by atoms with Crippen molar-refractivity contribution < 1.29 is 9.59 Å². The number of carbonyl (C=O) groups is 2. The van der Waals surface area contributed by atoms with Gasteiger partial charge in [-0.1, -0.05) is 18.2 Å². The van der Waals surface area contributed by atoms with Crippen LogP contribution in [0.5, 0.6) is 0 Å². The number of pyridine rings is 1. The Kier molecular flexibility index (Phi) is 3.39. The molecule has 6 rings (SSSR count). The van der Waals surface area contributed by atoms with Gasteiger partial charge in [-0.2, -0.15) is 0 Å². The number of likely N-dealkylation sites (tertiary alicyclic amines) is 1. The molecule has 3 aliphatic rings. The van der Waals surface area contributed by atoms with E-state index in [9.17, 15) is 9.59 Å². The highest BCUT2D eigenvalue weighted by Crippen LogP contribution is 2.44. The smallest absolute Gasteiger partial charge is 0.255 e. The molecule has 1 unspecified atom stereocenters.